The number of aryl methyl sites for hydroxylation is 2. The maximum atomic E-state index is 13.8. The topological polar surface area (TPSA) is 8.81 Å². The molecule has 0 aromatic carbocycles. The third-order valence-corrected chi connectivity index (χ3v) is 5.42. The number of hydrogen-bond donors (Lipinski definition) is 0. The van der Waals surface area contributed by atoms with Gasteiger partial charge in [0.2, 0.25) is 6.33 Å². The van der Waals surface area contributed by atoms with Crippen LogP contribution in [0.3, 0.4) is 0 Å². The molecular formula is C20H26F13IN2. The van der Waals surface area contributed by atoms with Gasteiger partial charge in [0, 0.05) is 6.42 Å². The lowest BCUT2D eigenvalue weighted by Gasteiger charge is -2.39. The number of unbranched alkanes of at least 4 members (excludes halogenated alkanes) is 5. The second-order valence-corrected chi connectivity index (χ2v) is 8.26. The van der Waals surface area contributed by atoms with E-state index in [1.54, 1.807) is 4.57 Å². The molecule has 0 aliphatic carbocycles. The largest absolute Gasteiger partial charge is 1.00 e. The quantitative estimate of drug-likeness (QED) is 0.111. The molecule has 1 aromatic heterocycles. The summed E-state index contributed by atoms with van der Waals surface area (Å²) in [5, 5.41) is 0. The first-order chi connectivity index (χ1) is 15.8. The van der Waals surface area contributed by atoms with Crippen molar-refractivity contribution in [3.8, 4) is 0 Å². The summed E-state index contributed by atoms with van der Waals surface area (Å²) >= 11 is 0. The van der Waals surface area contributed by atoms with E-state index < -0.39 is 55.2 Å². The van der Waals surface area contributed by atoms with E-state index in [2.05, 4.69) is 6.92 Å². The van der Waals surface area contributed by atoms with Crippen molar-refractivity contribution in [2.24, 2.45) is 0 Å². The standard InChI is InChI=1S/C20H26F13N2.HI/c1-2-3-4-5-6-7-10-34-12-13-35(14-34)11-8-9-15(21,22)16(23,24)17(25,26)18(27,28)19(29,30)20(31,32)33;/h12-14H,2-11H2,1H3;1H/q+1;/p-1. The molecule has 16 heteroatoms. The molecule has 2 nitrogen and oxygen atoms in total. The highest BCUT2D eigenvalue weighted by molar-refractivity contribution is 5.10. The second-order valence-electron chi connectivity index (χ2n) is 8.26. The predicted molar refractivity (Wildman–Crippen MR) is 98.0 cm³/mol. The highest BCUT2D eigenvalue weighted by Gasteiger charge is 2.90. The Balaban J connectivity index is 0.0000122. The van der Waals surface area contributed by atoms with E-state index in [1.165, 1.54) is 23.3 Å². The zero-order valence-corrected chi connectivity index (χ0v) is 21.1. The van der Waals surface area contributed by atoms with Gasteiger partial charge < -0.3 is 24.0 Å². The van der Waals surface area contributed by atoms with Crippen LogP contribution in [0.5, 0.6) is 0 Å². The van der Waals surface area contributed by atoms with Gasteiger partial charge in [-0.15, -0.1) is 0 Å². The molecule has 0 aliphatic heterocycles. The maximum absolute atomic E-state index is 13.8. The van der Waals surface area contributed by atoms with Gasteiger partial charge in [-0.05, 0) is 19.3 Å². The molecule has 0 bridgehead atoms. The summed E-state index contributed by atoms with van der Waals surface area (Å²) in [6, 6.07) is 0. The molecule has 0 aliphatic rings. The van der Waals surface area contributed by atoms with Gasteiger partial charge in [-0.25, -0.2) is 9.13 Å². The normalized spacial score (nSPS) is 14.2. The Morgan fingerprint density at radius 3 is 1.67 bits per heavy atom. The summed E-state index contributed by atoms with van der Waals surface area (Å²) in [7, 11) is 0. The van der Waals surface area contributed by atoms with E-state index in [-0.39, 0.29) is 24.0 Å². The highest BCUT2D eigenvalue weighted by Crippen LogP contribution is 2.60. The van der Waals surface area contributed by atoms with Crippen molar-refractivity contribution in [3.63, 3.8) is 0 Å². The van der Waals surface area contributed by atoms with Crippen LogP contribution in [0.25, 0.3) is 0 Å². The van der Waals surface area contributed by atoms with Crippen LogP contribution in [0, 0.1) is 0 Å². The van der Waals surface area contributed by atoms with Crippen molar-refractivity contribution in [1.82, 2.24) is 4.57 Å². The molecule has 0 fully saturated rings. The van der Waals surface area contributed by atoms with Gasteiger partial charge in [0.15, 0.2) is 0 Å². The lowest BCUT2D eigenvalue weighted by molar-refractivity contribution is -0.697. The van der Waals surface area contributed by atoms with Gasteiger partial charge in [-0.1, -0.05) is 32.6 Å². The SMILES string of the molecule is CCCCCCCCn1cc[n+](CCCC(F)(F)C(F)(F)C(F)(F)C(F)(F)C(F)(F)C(F)(F)F)c1.[I-]. The van der Waals surface area contributed by atoms with Crippen LogP contribution in [-0.4, -0.2) is 40.4 Å². The van der Waals surface area contributed by atoms with Crippen molar-refractivity contribution in [3.05, 3.63) is 18.7 Å². The maximum Gasteiger partial charge on any atom is 0.460 e. The molecule has 1 aromatic rings. The second kappa shape index (κ2) is 12.7. The van der Waals surface area contributed by atoms with Crippen LogP contribution >= 0.6 is 0 Å². The molecule has 0 amide bonds. The lowest BCUT2D eigenvalue weighted by atomic mass is 9.92. The van der Waals surface area contributed by atoms with E-state index in [0.29, 0.717) is 6.54 Å². The number of rotatable bonds is 15. The fourth-order valence-electron chi connectivity index (χ4n) is 3.22. The van der Waals surface area contributed by atoms with Gasteiger partial charge in [0.1, 0.15) is 12.4 Å². The Hall–Kier alpha value is -0.970. The minimum atomic E-state index is -7.85. The number of halogens is 14. The average molecular weight is 668 g/mol. The molecule has 0 saturated carbocycles. The third kappa shape index (κ3) is 7.32. The van der Waals surface area contributed by atoms with Crippen molar-refractivity contribution in [1.29, 1.82) is 0 Å². The van der Waals surface area contributed by atoms with Crippen LogP contribution in [-0.2, 0) is 13.1 Å². The van der Waals surface area contributed by atoms with E-state index in [0.717, 1.165) is 38.5 Å². The molecule has 1 rings (SSSR count). The fraction of sp³-hybridized carbons (Fsp3) is 0.850. The number of hydrogen-bond acceptors (Lipinski definition) is 0. The van der Waals surface area contributed by atoms with Gasteiger partial charge in [0.05, 0.1) is 13.1 Å². The van der Waals surface area contributed by atoms with Gasteiger partial charge >= 0.3 is 35.8 Å². The molecule has 0 N–H and O–H groups in total. The Kier molecular flexibility index (Phi) is 12.4. The van der Waals surface area contributed by atoms with E-state index >= 15 is 0 Å². The lowest BCUT2D eigenvalue weighted by Crippen LogP contribution is -3.00. The Bertz CT molecular complexity index is 791. The fourth-order valence-corrected chi connectivity index (χ4v) is 3.22. The number of aromatic nitrogens is 2. The van der Waals surface area contributed by atoms with Crippen LogP contribution in [0.4, 0.5) is 57.1 Å². The van der Waals surface area contributed by atoms with Crippen LogP contribution < -0.4 is 28.5 Å². The summed E-state index contributed by atoms with van der Waals surface area (Å²) in [4.78, 5) is 0. The van der Waals surface area contributed by atoms with E-state index in [1.807, 2.05) is 0 Å². The number of imidazole rings is 1. The van der Waals surface area contributed by atoms with Gasteiger partial charge in [-0.3, -0.25) is 0 Å². The predicted octanol–water partition coefficient (Wildman–Crippen LogP) is 4.66. The molecule has 214 valence electrons. The molecule has 36 heavy (non-hydrogen) atoms. The number of alkyl halides is 13. The summed E-state index contributed by atoms with van der Waals surface area (Å²) < 4.78 is 173. The smallest absolute Gasteiger partial charge is 0.460 e. The molecule has 0 atom stereocenters. The monoisotopic (exact) mass is 668 g/mol. The highest BCUT2D eigenvalue weighted by atomic mass is 127. The minimum Gasteiger partial charge on any atom is -1.00 e. The summed E-state index contributed by atoms with van der Waals surface area (Å²) in [5.74, 6) is -36.5. The molecule has 0 radical (unpaired) electrons. The molecule has 0 spiro atoms. The zero-order valence-electron chi connectivity index (χ0n) is 19.0. The van der Waals surface area contributed by atoms with Crippen molar-refractivity contribution in [2.75, 3.05) is 0 Å². The first kappa shape index (κ1) is 35.0. The summed E-state index contributed by atoms with van der Waals surface area (Å²) in [6.07, 6.45) is -0.349. The number of nitrogens with zero attached hydrogens (tertiary/aromatic N) is 2. The van der Waals surface area contributed by atoms with Gasteiger partial charge in [-0.2, -0.15) is 57.1 Å². The van der Waals surface area contributed by atoms with Gasteiger partial charge in [0.25, 0.3) is 0 Å². The first-order valence-electron chi connectivity index (χ1n) is 10.8. The molecular weight excluding hydrogens is 642 g/mol. The van der Waals surface area contributed by atoms with Crippen LogP contribution in [0.2, 0.25) is 0 Å². The Labute approximate surface area is 216 Å². The van der Waals surface area contributed by atoms with E-state index in [9.17, 15) is 57.1 Å². The van der Waals surface area contributed by atoms with Crippen LogP contribution in [0.15, 0.2) is 18.7 Å². The molecule has 1 heterocycles. The zero-order chi connectivity index (χ0) is 27.3. The van der Waals surface area contributed by atoms with Crippen molar-refractivity contribution in [2.45, 2.75) is 107 Å². The first-order valence-corrected chi connectivity index (χ1v) is 10.8. The summed E-state index contributed by atoms with van der Waals surface area (Å²) in [6.45, 7) is 2.14. The summed E-state index contributed by atoms with van der Waals surface area (Å²) in [5.41, 5.74) is 0. The Morgan fingerprint density at radius 2 is 1.14 bits per heavy atom. The average Bonchev–Trinajstić information content (AvgIpc) is 3.16. The minimum absolute atomic E-state index is 0. The van der Waals surface area contributed by atoms with Crippen LogP contribution in [0.1, 0.15) is 58.3 Å². The third-order valence-electron chi connectivity index (χ3n) is 5.42. The molecule has 0 unspecified atom stereocenters. The van der Waals surface area contributed by atoms with Crippen molar-refractivity contribution >= 4 is 0 Å². The Morgan fingerprint density at radius 1 is 0.639 bits per heavy atom. The molecule has 0 saturated heterocycles. The van der Waals surface area contributed by atoms with E-state index in [4.69, 9.17) is 0 Å². The van der Waals surface area contributed by atoms with Crippen molar-refractivity contribution < 1.29 is 85.6 Å².